The fourth-order valence-corrected chi connectivity index (χ4v) is 3.02. The third-order valence-corrected chi connectivity index (χ3v) is 4.95. The van der Waals surface area contributed by atoms with E-state index in [4.69, 9.17) is 21.1 Å². The first kappa shape index (κ1) is 15.2. The van der Waals surface area contributed by atoms with Gasteiger partial charge in [0, 0.05) is 14.2 Å². The van der Waals surface area contributed by atoms with Crippen molar-refractivity contribution in [1.82, 2.24) is 9.97 Å². The standard InChI is InChI=1S/C13H18BrClN2O2/c1-18-8-9-10(14)11(15)17-12(16-9)13(19-2)6-4-3-5-7-13/h3-8H2,1-2H3. The van der Waals surface area contributed by atoms with Gasteiger partial charge in [-0.3, -0.25) is 0 Å². The van der Waals surface area contributed by atoms with Crippen LogP contribution in [-0.4, -0.2) is 24.2 Å². The zero-order chi connectivity index (χ0) is 13.9. The summed E-state index contributed by atoms with van der Waals surface area (Å²) >= 11 is 9.58. The summed E-state index contributed by atoms with van der Waals surface area (Å²) in [5.74, 6) is 0.676. The number of methoxy groups -OCH3 is 2. The lowest BCUT2D eigenvalue weighted by Gasteiger charge is -2.34. The highest BCUT2D eigenvalue weighted by Gasteiger charge is 2.37. The Morgan fingerprint density at radius 3 is 2.47 bits per heavy atom. The first-order valence-electron chi connectivity index (χ1n) is 6.39. The molecule has 1 aromatic rings. The van der Waals surface area contributed by atoms with E-state index < -0.39 is 5.60 Å². The van der Waals surface area contributed by atoms with E-state index in [0.717, 1.165) is 31.4 Å². The fraction of sp³-hybridized carbons (Fsp3) is 0.692. The van der Waals surface area contributed by atoms with Crippen molar-refractivity contribution in [3.63, 3.8) is 0 Å². The van der Waals surface area contributed by atoms with Crippen molar-refractivity contribution < 1.29 is 9.47 Å². The van der Waals surface area contributed by atoms with Gasteiger partial charge in [-0.25, -0.2) is 9.97 Å². The molecule has 0 spiro atoms. The third-order valence-electron chi connectivity index (χ3n) is 3.62. The molecule has 106 valence electrons. The fourth-order valence-electron chi connectivity index (χ4n) is 2.54. The van der Waals surface area contributed by atoms with Crippen LogP contribution in [0.25, 0.3) is 0 Å². The molecule has 1 aromatic heterocycles. The molecule has 0 aliphatic heterocycles. The minimum Gasteiger partial charge on any atom is -0.378 e. The summed E-state index contributed by atoms with van der Waals surface area (Å²) in [5.41, 5.74) is 0.366. The molecule has 1 saturated carbocycles. The van der Waals surface area contributed by atoms with Gasteiger partial charge in [-0.05, 0) is 28.8 Å². The van der Waals surface area contributed by atoms with Gasteiger partial charge >= 0.3 is 0 Å². The van der Waals surface area contributed by atoms with Gasteiger partial charge < -0.3 is 9.47 Å². The van der Waals surface area contributed by atoms with E-state index in [9.17, 15) is 0 Å². The van der Waals surface area contributed by atoms with Crippen LogP contribution in [-0.2, 0) is 21.7 Å². The van der Waals surface area contributed by atoms with Crippen molar-refractivity contribution in [2.24, 2.45) is 0 Å². The Bertz CT molecular complexity index is 451. The van der Waals surface area contributed by atoms with Gasteiger partial charge in [0.2, 0.25) is 0 Å². The van der Waals surface area contributed by atoms with Crippen molar-refractivity contribution in [3.05, 3.63) is 21.1 Å². The summed E-state index contributed by atoms with van der Waals surface area (Å²) in [4.78, 5) is 9.01. The number of aromatic nitrogens is 2. The van der Waals surface area contributed by atoms with Gasteiger partial charge in [0.25, 0.3) is 0 Å². The van der Waals surface area contributed by atoms with E-state index >= 15 is 0 Å². The quantitative estimate of drug-likeness (QED) is 0.775. The van der Waals surface area contributed by atoms with Gasteiger partial charge in [0.05, 0.1) is 16.8 Å². The van der Waals surface area contributed by atoms with Gasteiger partial charge in [-0.15, -0.1) is 0 Å². The van der Waals surface area contributed by atoms with Crippen LogP contribution in [0.15, 0.2) is 4.47 Å². The van der Waals surface area contributed by atoms with Crippen LogP contribution in [0, 0.1) is 0 Å². The van der Waals surface area contributed by atoms with Crippen molar-refractivity contribution >= 4 is 27.5 Å². The first-order chi connectivity index (χ1) is 9.13. The minimum atomic E-state index is -0.398. The van der Waals surface area contributed by atoms with Crippen LogP contribution in [0.4, 0.5) is 0 Å². The molecule has 0 atom stereocenters. The predicted octanol–water partition coefficient (Wildman–Crippen LogP) is 3.84. The molecule has 1 heterocycles. The number of halogens is 2. The van der Waals surface area contributed by atoms with Gasteiger partial charge in [-0.2, -0.15) is 0 Å². The lowest BCUT2D eigenvalue weighted by atomic mass is 9.84. The molecule has 2 rings (SSSR count). The maximum atomic E-state index is 6.18. The zero-order valence-electron chi connectivity index (χ0n) is 11.2. The lowest BCUT2D eigenvalue weighted by Crippen LogP contribution is -2.33. The molecule has 0 aromatic carbocycles. The largest absolute Gasteiger partial charge is 0.378 e. The van der Waals surface area contributed by atoms with E-state index in [1.54, 1.807) is 14.2 Å². The number of rotatable bonds is 4. The Balaban J connectivity index is 2.42. The van der Waals surface area contributed by atoms with Crippen LogP contribution in [0.1, 0.15) is 43.6 Å². The molecule has 0 bridgehead atoms. The van der Waals surface area contributed by atoms with Gasteiger partial charge in [0.1, 0.15) is 10.8 Å². The number of hydrogen-bond donors (Lipinski definition) is 0. The van der Waals surface area contributed by atoms with E-state index in [1.807, 2.05) is 0 Å². The molecule has 6 heteroatoms. The molecule has 19 heavy (non-hydrogen) atoms. The maximum absolute atomic E-state index is 6.18. The predicted molar refractivity (Wildman–Crippen MR) is 77.2 cm³/mol. The highest BCUT2D eigenvalue weighted by atomic mass is 79.9. The molecule has 0 unspecified atom stereocenters. The normalized spacial score (nSPS) is 18.5. The average molecular weight is 350 g/mol. The van der Waals surface area contributed by atoms with Crippen molar-refractivity contribution in [2.45, 2.75) is 44.3 Å². The summed E-state index contributed by atoms with van der Waals surface area (Å²) in [6.45, 7) is 0.398. The second kappa shape index (κ2) is 6.48. The summed E-state index contributed by atoms with van der Waals surface area (Å²) in [7, 11) is 3.36. The highest BCUT2D eigenvalue weighted by Crippen LogP contribution is 2.39. The van der Waals surface area contributed by atoms with E-state index in [0.29, 0.717) is 22.1 Å². The second-order valence-corrected chi connectivity index (χ2v) is 5.94. The molecule has 0 N–H and O–H groups in total. The SMILES string of the molecule is COCc1nc(C2(OC)CCCCC2)nc(Cl)c1Br. The van der Waals surface area contributed by atoms with E-state index in [1.165, 1.54) is 6.42 Å². The molecule has 4 nitrogen and oxygen atoms in total. The Hall–Kier alpha value is -0.230. The van der Waals surface area contributed by atoms with Gasteiger partial charge in [-0.1, -0.05) is 30.9 Å². The molecular formula is C13H18BrClN2O2. The third kappa shape index (κ3) is 3.10. The van der Waals surface area contributed by atoms with Crippen LogP contribution in [0.3, 0.4) is 0 Å². The van der Waals surface area contributed by atoms with E-state index in [-0.39, 0.29) is 0 Å². The second-order valence-electron chi connectivity index (χ2n) is 4.79. The highest BCUT2D eigenvalue weighted by molar-refractivity contribution is 9.10. The number of ether oxygens (including phenoxy) is 2. The molecular weight excluding hydrogens is 332 g/mol. The minimum absolute atomic E-state index is 0.398. The molecule has 0 radical (unpaired) electrons. The van der Waals surface area contributed by atoms with Gasteiger partial charge in [0.15, 0.2) is 5.82 Å². The summed E-state index contributed by atoms with van der Waals surface area (Å²) in [6.07, 6.45) is 5.37. The molecule has 0 saturated heterocycles. The van der Waals surface area contributed by atoms with Crippen LogP contribution in [0.2, 0.25) is 5.15 Å². The summed E-state index contributed by atoms with van der Waals surface area (Å²) in [6, 6.07) is 0. The molecule has 1 fully saturated rings. The zero-order valence-corrected chi connectivity index (χ0v) is 13.6. The van der Waals surface area contributed by atoms with Crippen molar-refractivity contribution in [1.29, 1.82) is 0 Å². The van der Waals surface area contributed by atoms with Crippen LogP contribution < -0.4 is 0 Å². The number of hydrogen-bond acceptors (Lipinski definition) is 4. The van der Waals surface area contributed by atoms with Crippen molar-refractivity contribution in [2.75, 3.05) is 14.2 Å². The topological polar surface area (TPSA) is 44.2 Å². The molecule has 0 amide bonds. The van der Waals surface area contributed by atoms with Crippen molar-refractivity contribution in [3.8, 4) is 0 Å². The smallest absolute Gasteiger partial charge is 0.162 e. The van der Waals surface area contributed by atoms with E-state index in [2.05, 4.69) is 25.9 Å². The Kier molecular flexibility index (Phi) is 5.17. The maximum Gasteiger partial charge on any atom is 0.162 e. The Morgan fingerprint density at radius 1 is 1.21 bits per heavy atom. The summed E-state index contributed by atoms with van der Waals surface area (Å²) < 4.78 is 11.6. The summed E-state index contributed by atoms with van der Waals surface area (Å²) in [5, 5.41) is 0.416. The Morgan fingerprint density at radius 2 is 1.89 bits per heavy atom. The van der Waals surface area contributed by atoms with Crippen LogP contribution in [0.5, 0.6) is 0 Å². The molecule has 1 aliphatic carbocycles. The van der Waals surface area contributed by atoms with Crippen LogP contribution >= 0.6 is 27.5 Å². The number of nitrogens with zero attached hydrogens (tertiary/aromatic N) is 2. The monoisotopic (exact) mass is 348 g/mol. The average Bonchev–Trinajstić information content (AvgIpc) is 2.44. The first-order valence-corrected chi connectivity index (χ1v) is 7.56. The molecule has 1 aliphatic rings. The Labute approximate surface area is 127 Å². The lowest BCUT2D eigenvalue weighted by molar-refractivity contribution is -0.0518.